The van der Waals surface area contributed by atoms with Crippen LogP contribution in [0.25, 0.3) is 22.3 Å². The van der Waals surface area contributed by atoms with Crippen LogP contribution in [0.15, 0.2) is 24.5 Å². The van der Waals surface area contributed by atoms with Crippen LogP contribution in [0.2, 0.25) is 5.02 Å². The average molecular weight is 529 g/mol. The first-order valence-electron chi connectivity index (χ1n) is 12.8. The number of hydrogen-bond donors (Lipinski definition) is 2. The van der Waals surface area contributed by atoms with Crippen molar-refractivity contribution >= 4 is 28.7 Å². The first kappa shape index (κ1) is 25.8. The van der Waals surface area contributed by atoms with Gasteiger partial charge in [-0.05, 0) is 43.7 Å². The van der Waals surface area contributed by atoms with Crippen molar-refractivity contribution in [3.05, 3.63) is 41.1 Å². The Balaban J connectivity index is 1.70. The number of aromatic nitrogens is 4. The largest absolute Gasteiger partial charge is 0.427 e. The summed E-state index contributed by atoms with van der Waals surface area (Å²) in [6.07, 6.45) is 6.59. The maximum Gasteiger partial charge on any atom is 0.427 e. The number of rotatable bonds is 9. The molecule has 37 heavy (non-hydrogen) atoms. The number of hydroxylamine groups is 1. The van der Waals surface area contributed by atoms with Gasteiger partial charge in [0, 0.05) is 38.2 Å². The van der Waals surface area contributed by atoms with Gasteiger partial charge in [0.2, 0.25) is 0 Å². The molecule has 2 N–H and O–H groups in total. The molecule has 2 unspecified atom stereocenters. The molecule has 198 valence electrons. The van der Waals surface area contributed by atoms with Gasteiger partial charge in [-0.15, -0.1) is 5.48 Å². The van der Waals surface area contributed by atoms with E-state index in [1.165, 1.54) is 25.7 Å². The van der Waals surface area contributed by atoms with E-state index in [9.17, 15) is 4.79 Å². The predicted molar refractivity (Wildman–Crippen MR) is 139 cm³/mol. The maximum atomic E-state index is 11.7. The molecule has 0 bridgehead atoms. The Bertz CT molecular complexity index is 1250. The number of ether oxygens (including phenoxy) is 2. The molecule has 11 heteroatoms. The molecule has 10 nitrogen and oxygen atoms in total. The molecular formula is C26H33ClN6O4. The van der Waals surface area contributed by atoms with E-state index < -0.39 is 12.3 Å². The molecular weight excluding hydrogens is 496 g/mol. The molecule has 3 aromatic rings. The van der Waals surface area contributed by atoms with Gasteiger partial charge in [0.25, 0.3) is 0 Å². The molecule has 1 amide bonds. The Morgan fingerprint density at radius 2 is 2.03 bits per heavy atom. The number of nitrogens with one attached hydrogen (secondary N) is 2. The van der Waals surface area contributed by atoms with Crippen molar-refractivity contribution in [3.8, 4) is 11.3 Å². The monoisotopic (exact) mass is 528 g/mol. The van der Waals surface area contributed by atoms with Crippen molar-refractivity contribution in [1.29, 1.82) is 0 Å². The van der Waals surface area contributed by atoms with Crippen molar-refractivity contribution < 1.29 is 19.1 Å². The first-order chi connectivity index (χ1) is 18.0. The molecule has 0 radical (unpaired) electrons. The lowest BCUT2D eigenvalue weighted by molar-refractivity contribution is -0.00438. The van der Waals surface area contributed by atoms with Crippen LogP contribution in [-0.2, 0) is 20.9 Å². The Kier molecular flexibility index (Phi) is 7.89. The van der Waals surface area contributed by atoms with E-state index in [1.54, 1.807) is 19.5 Å². The predicted octanol–water partition coefficient (Wildman–Crippen LogP) is 4.94. The maximum absolute atomic E-state index is 11.7. The summed E-state index contributed by atoms with van der Waals surface area (Å²) in [6.45, 7) is 6.00. The number of amides is 1. The summed E-state index contributed by atoms with van der Waals surface area (Å²) in [4.78, 5) is 31.0. The summed E-state index contributed by atoms with van der Waals surface area (Å²) < 4.78 is 13.9. The molecule has 4 heterocycles. The molecule has 0 spiro atoms. The van der Waals surface area contributed by atoms with E-state index in [4.69, 9.17) is 35.9 Å². The Hall–Kier alpha value is -2.79. The van der Waals surface area contributed by atoms with Crippen LogP contribution >= 0.6 is 11.6 Å². The van der Waals surface area contributed by atoms with Gasteiger partial charge in [0.1, 0.15) is 11.9 Å². The molecule has 1 saturated heterocycles. The van der Waals surface area contributed by atoms with Gasteiger partial charge in [-0.3, -0.25) is 10.3 Å². The summed E-state index contributed by atoms with van der Waals surface area (Å²) in [6, 6.07) is 3.72. The Morgan fingerprint density at radius 3 is 2.70 bits per heavy atom. The molecule has 3 aromatic heterocycles. The fourth-order valence-electron chi connectivity index (χ4n) is 5.26. The number of pyridine rings is 2. The third kappa shape index (κ3) is 5.57. The molecule has 0 aromatic carbocycles. The van der Waals surface area contributed by atoms with Gasteiger partial charge in [0.05, 0.1) is 34.1 Å². The summed E-state index contributed by atoms with van der Waals surface area (Å²) in [7, 11) is 1.67. The second-order valence-corrected chi connectivity index (χ2v) is 10.3. The van der Waals surface area contributed by atoms with Crippen molar-refractivity contribution in [3.63, 3.8) is 0 Å². The number of methoxy groups -OCH3 is 1. The lowest BCUT2D eigenvalue weighted by Crippen LogP contribution is -2.24. The second kappa shape index (κ2) is 11.3. The summed E-state index contributed by atoms with van der Waals surface area (Å²) in [5.74, 6) is 2.08. The number of carbonyl (C=O) groups is 1. The summed E-state index contributed by atoms with van der Waals surface area (Å²) in [5, 5.41) is 3.23. The molecule has 2 aliphatic rings. The molecule has 1 aliphatic carbocycles. The lowest BCUT2D eigenvalue weighted by atomic mass is 9.83. The van der Waals surface area contributed by atoms with Gasteiger partial charge in [-0.2, -0.15) is 0 Å². The molecule has 2 fully saturated rings. The Labute approximate surface area is 221 Å². The summed E-state index contributed by atoms with van der Waals surface area (Å²) in [5.41, 5.74) is 6.31. The number of fused-ring (bicyclic) bond motifs is 1. The van der Waals surface area contributed by atoms with Gasteiger partial charge in [-0.1, -0.05) is 31.4 Å². The topological polar surface area (TPSA) is 112 Å². The lowest BCUT2D eigenvalue weighted by Gasteiger charge is -2.28. The summed E-state index contributed by atoms with van der Waals surface area (Å²) >= 11 is 6.34. The van der Waals surface area contributed by atoms with Gasteiger partial charge < -0.3 is 18.9 Å². The van der Waals surface area contributed by atoms with E-state index in [0.717, 1.165) is 34.9 Å². The zero-order valence-electron chi connectivity index (χ0n) is 21.4. The highest BCUT2D eigenvalue weighted by molar-refractivity contribution is 6.30. The zero-order valence-corrected chi connectivity index (χ0v) is 22.1. The fraction of sp³-hybridized carbons (Fsp3) is 0.538. The average Bonchev–Trinajstić information content (AvgIpc) is 3.48. The van der Waals surface area contributed by atoms with E-state index >= 15 is 0 Å². The van der Waals surface area contributed by atoms with Crippen molar-refractivity contribution in [2.45, 2.75) is 58.3 Å². The highest BCUT2D eigenvalue weighted by Gasteiger charge is 2.30. The number of carbonyl (C=O) groups excluding carboxylic acids is 1. The third-order valence-corrected chi connectivity index (χ3v) is 7.34. The third-order valence-electron chi connectivity index (χ3n) is 7.13. The zero-order chi connectivity index (χ0) is 25.9. The standard InChI is InChI=1S/C26H33ClN6O4/c1-4-36-21(14-35-3)25-30-19-10-20(24-31-26(34)37-32-24)29-22(17-9-18(27)12-28-11-17)23(19)33(25)13-16-7-5-15(2)6-8-16/h9-12,15-16,21,24,32H,4-8,13-14H2,1-3H3,(H,31,34). The fourth-order valence-corrected chi connectivity index (χ4v) is 5.43. The SMILES string of the molecule is CCOC(COC)c1nc2cc(C3NOC(=O)N3)nc(-c3cncc(Cl)c3)c2n1CC1CCC(C)CC1. The van der Waals surface area contributed by atoms with Crippen molar-refractivity contribution in [1.82, 2.24) is 30.3 Å². The minimum Gasteiger partial charge on any atom is -0.382 e. The van der Waals surface area contributed by atoms with E-state index in [1.807, 2.05) is 19.1 Å². The van der Waals surface area contributed by atoms with Crippen LogP contribution in [0.5, 0.6) is 0 Å². The smallest absolute Gasteiger partial charge is 0.382 e. The van der Waals surface area contributed by atoms with Crippen LogP contribution in [0.4, 0.5) is 4.79 Å². The first-order valence-corrected chi connectivity index (χ1v) is 13.2. The Morgan fingerprint density at radius 1 is 1.22 bits per heavy atom. The minimum atomic E-state index is -0.613. The normalized spacial score (nSPS) is 22.7. The van der Waals surface area contributed by atoms with E-state index in [2.05, 4.69) is 27.3 Å². The van der Waals surface area contributed by atoms with Crippen LogP contribution in [0.1, 0.15) is 63.3 Å². The van der Waals surface area contributed by atoms with Gasteiger partial charge in [-0.25, -0.2) is 14.8 Å². The van der Waals surface area contributed by atoms with Crippen molar-refractivity contribution in [2.75, 3.05) is 20.3 Å². The number of nitrogens with zero attached hydrogens (tertiary/aromatic N) is 4. The van der Waals surface area contributed by atoms with Gasteiger partial charge >= 0.3 is 6.09 Å². The minimum absolute atomic E-state index is 0.341. The van der Waals surface area contributed by atoms with Crippen LogP contribution < -0.4 is 10.8 Å². The van der Waals surface area contributed by atoms with Crippen molar-refractivity contribution in [2.24, 2.45) is 11.8 Å². The molecule has 5 rings (SSSR count). The van der Waals surface area contributed by atoms with Crippen LogP contribution in [0, 0.1) is 11.8 Å². The molecule has 2 atom stereocenters. The second-order valence-electron chi connectivity index (χ2n) is 9.85. The molecule has 1 saturated carbocycles. The highest BCUT2D eigenvalue weighted by atomic mass is 35.5. The van der Waals surface area contributed by atoms with E-state index in [-0.39, 0.29) is 6.10 Å². The van der Waals surface area contributed by atoms with Crippen LogP contribution in [-0.4, -0.2) is 45.9 Å². The number of imidazole rings is 1. The van der Waals surface area contributed by atoms with Gasteiger partial charge in [0.15, 0.2) is 6.17 Å². The molecule has 1 aliphatic heterocycles. The number of halogens is 1. The van der Waals surface area contributed by atoms with Crippen LogP contribution in [0.3, 0.4) is 0 Å². The quantitative estimate of drug-likeness (QED) is 0.401. The highest BCUT2D eigenvalue weighted by Crippen LogP contribution is 2.36. The van der Waals surface area contributed by atoms with E-state index in [0.29, 0.717) is 35.5 Å². The number of hydrogen-bond acceptors (Lipinski definition) is 8.